The molecule has 4 nitrogen and oxygen atoms in total. The number of nitro groups is 1. The molecule has 104 valence electrons. The van der Waals surface area contributed by atoms with Crippen LogP contribution >= 0.6 is 0 Å². The SMILES string of the molecule is O=[N+]([O-])c1ccc(-c2c[se]c(Cc3ccccc3)n2)cc1. The van der Waals surface area contributed by atoms with Crippen LogP contribution in [0.5, 0.6) is 0 Å². The van der Waals surface area contributed by atoms with Crippen LogP contribution < -0.4 is 0 Å². The quantitative estimate of drug-likeness (QED) is 0.415. The maximum atomic E-state index is 10.7. The van der Waals surface area contributed by atoms with Crippen LogP contribution in [0, 0.1) is 10.1 Å². The predicted octanol–water partition coefficient (Wildman–Crippen LogP) is 3.30. The molecule has 0 aliphatic rings. The summed E-state index contributed by atoms with van der Waals surface area (Å²) in [6.07, 6.45) is 0.869. The summed E-state index contributed by atoms with van der Waals surface area (Å²) in [5, 5.41) is 10.7. The molecule has 3 aromatic rings. The third-order valence-electron chi connectivity index (χ3n) is 3.12. The third kappa shape index (κ3) is 3.27. The van der Waals surface area contributed by atoms with Crippen molar-refractivity contribution in [3.8, 4) is 11.3 Å². The van der Waals surface area contributed by atoms with Gasteiger partial charge >= 0.3 is 128 Å². The van der Waals surface area contributed by atoms with Crippen LogP contribution in [0.1, 0.15) is 10.1 Å². The van der Waals surface area contributed by atoms with E-state index in [4.69, 9.17) is 0 Å². The molecule has 5 heteroatoms. The van der Waals surface area contributed by atoms with E-state index in [2.05, 4.69) is 22.1 Å². The van der Waals surface area contributed by atoms with E-state index < -0.39 is 0 Å². The van der Waals surface area contributed by atoms with Crippen molar-refractivity contribution in [2.24, 2.45) is 0 Å². The first-order valence-corrected chi connectivity index (χ1v) is 8.30. The first-order chi connectivity index (χ1) is 10.2. The molecule has 0 spiro atoms. The minimum absolute atomic E-state index is 0.108. The molecule has 0 aliphatic carbocycles. The number of nitro benzene ring substituents is 1. The van der Waals surface area contributed by atoms with Gasteiger partial charge in [-0.3, -0.25) is 0 Å². The number of rotatable bonds is 4. The molecule has 0 radical (unpaired) electrons. The molecule has 2 aromatic carbocycles. The van der Waals surface area contributed by atoms with Crippen molar-refractivity contribution in [3.63, 3.8) is 0 Å². The Balaban J connectivity index is 1.80. The van der Waals surface area contributed by atoms with Gasteiger partial charge in [-0.1, -0.05) is 0 Å². The molecule has 0 unspecified atom stereocenters. The number of nitrogens with zero attached hydrogens (tertiary/aromatic N) is 2. The summed E-state index contributed by atoms with van der Waals surface area (Å²) >= 11 is 0.257. The summed E-state index contributed by atoms with van der Waals surface area (Å²) in [6.45, 7) is 0. The molecule has 0 atom stereocenters. The van der Waals surface area contributed by atoms with Gasteiger partial charge < -0.3 is 0 Å². The van der Waals surface area contributed by atoms with E-state index in [0.717, 1.165) is 17.7 Å². The van der Waals surface area contributed by atoms with Crippen LogP contribution in [-0.2, 0) is 6.42 Å². The number of hydrogen-bond donors (Lipinski definition) is 0. The van der Waals surface area contributed by atoms with Crippen LogP contribution in [0.15, 0.2) is 59.5 Å². The van der Waals surface area contributed by atoms with Crippen molar-refractivity contribution < 1.29 is 4.92 Å². The number of non-ortho nitro benzene ring substituents is 1. The monoisotopic (exact) mass is 344 g/mol. The van der Waals surface area contributed by atoms with Gasteiger partial charge in [-0.25, -0.2) is 0 Å². The van der Waals surface area contributed by atoms with E-state index in [1.54, 1.807) is 12.1 Å². The predicted molar refractivity (Wildman–Crippen MR) is 82.5 cm³/mol. The van der Waals surface area contributed by atoms with Crippen molar-refractivity contribution >= 4 is 20.2 Å². The second-order valence-corrected chi connectivity index (χ2v) is 6.57. The molecule has 0 saturated heterocycles. The zero-order chi connectivity index (χ0) is 14.7. The van der Waals surface area contributed by atoms with Crippen molar-refractivity contribution in [1.29, 1.82) is 0 Å². The van der Waals surface area contributed by atoms with E-state index in [1.165, 1.54) is 22.3 Å². The molecule has 3 rings (SSSR count). The molecule has 1 aromatic heterocycles. The zero-order valence-electron chi connectivity index (χ0n) is 11.1. The summed E-state index contributed by atoms with van der Waals surface area (Å²) in [6, 6.07) is 16.8. The molecule has 0 saturated carbocycles. The second-order valence-electron chi connectivity index (χ2n) is 4.59. The molecule has 0 amide bonds. The molecule has 0 bridgehead atoms. The molecule has 0 fully saturated rings. The van der Waals surface area contributed by atoms with Crippen LogP contribution in [0.2, 0.25) is 0 Å². The Morgan fingerprint density at radius 1 is 1.05 bits per heavy atom. The van der Waals surface area contributed by atoms with E-state index >= 15 is 0 Å². The zero-order valence-corrected chi connectivity index (χ0v) is 12.8. The van der Waals surface area contributed by atoms with Gasteiger partial charge in [0.15, 0.2) is 0 Å². The van der Waals surface area contributed by atoms with Crippen LogP contribution in [0.25, 0.3) is 11.3 Å². The molecule has 21 heavy (non-hydrogen) atoms. The fourth-order valence-electron chi connectivity index (χ4n) is 2.05. The number of benzene rings is 2. The average Bonchev–Trinajstić information content (AvgIpc) is 2.97. The van der Waals surface area contributed by atoms with E-state index in [0.29, 0.717) is 0 Å². The topological polar surface area (TPSA) is 56.0 Å². The van der Waals surface area contributed by atoms with Gasteiger partial charge in [0.05, 0.1) is 0 Å². The third-order valence-corrected chi connectivity index (χ3v) is 4.90. The number of aromatic nitrogens is 1. The molecular weight excluding hydrogens is 331 g/mol. The van der Waals surface area contributed by atoms with Crippen LogP contribution in [0.4, 0.5) is 5.69 Å². The van der Waals surface area contributed by atoms with Gasteiger partial charge in [0.25, 0.3) is 0 Å². The molecule has 1 heterocycles. The molecular formula is C16H12N2O2Se. The van der Waals surface area contributed by atoms with Gasteiger partial charge in [-0.2, -0.15) is 0 Å². The summed E-state index contributed by atoms with van der Waals surface area (Å²) < 4.78 is 1.18. The van der Waals surface area contributed by atoms with Crippen LogP contribution in [-0.4, -0.2) is 24.4 Å². The molecule has 0 N–H and O–H groups in total. The Bertz CT molecular complexity index is 751. The summed E-state index contributed by atoms with van der Waals surface area (Å²) in [5.74, 6) is 0. The Hall–Kier alpha value is -2.23. The van der Waals surface area contributed by atoms with Gasteiger partial charge in [-0.15, -0.1) is 0 Å². The summed E-state index contributed by atoms with van der Waals surface area (Å²) in [5.41, 5.74) is 3.23. The number of hydrogen-bond acceptors (Lipinski definition) is 3. The van der Waals surface area contributed by atoms with E-state index in [-0.39, 0.29) is 25.1 Å². The van der Waals surface area contributed by atoms with Crippen molar-refractivity contribution in [3.05, 3.63) is 79.8 Å². The van der Waals surface area contributed by atoms with Crippen molar-refractivity contribution in [1.82, 2.24) is 4.98 Å². The van der Waals surface area contributed by atoms with Crippen LogP contribution in [0.3, 0.4) is 0 Å². The first-order valence-electron chi connectivity index (χ1n) is 6.45. The Morgan fingerprint density at radius 3 is 2.43 bits per heavy atom. The maximum absolute atomic E-state index is 10.7. The summed E-state index contributed by atoms with van der Waals surface area (Å²) in [7, 11) is 0. The fourth-order valence-corrected chi connectivity index (χ4v) is 3.81. The molecule has 0 aliphatic heterocycles. The Morgan fingerprint density at radius 2 is 1.76 bits per heavy atom. The summed E-state index contributed by atoms with van der Waals surface area (Å²) in [4.78, 5) is 17.1. The average molecular weight is 343 g/mol. The van der Waals surface area contributed by atoms with Gasteiger partial charge in [0.1, 0.15) is 0 Å². The first kappa shape index (κ1) is 13.7. The standard InChI is InChI=1S/C16H12N2O2Se/c19-18(20)14-8-6-13(7-9-14)15-11-21-16(17-15)10-12-4-2-1-3-5-12/h1-9,11H,10H2. The van der Waals surface area contributed by atoms with E-state index in [9.17, 15) is 10.1 Å². The van der Waals surface area contributed by atoms with E-state index in [1.807, 2.05) is 18.2 Å². The van der Waals surface area contributed by atoms with Crippen molar-refractivity contribution in [2.45, 2.75) is 6.42 Å². The second kappa shape index (κ2) is 6.04. The van der Waals surface area contributed by atoms with Gasteiger partial charge in [0.2, 0.25) is 0 Å². The van der Waals surface area contributed by atoms with Crippen molar-refractivity contribution in [2.75, 3.05) is 0 Å². The Labute approximate surface area is 128 Å². The normalized spacial score (nSPS) is 10.5. The van der Waals surface area contributed by atoms with Gasteiger partial charge in [-0.05, 0) is 0 Å². The fraction of sp³-hybridized carbons (Fsp3) is 0.0625. The van der Waals surface area contributed by atoms with Gasteiger partial charge in [0, 0.05) is 0 Å². The minimum atomic E-state index is -0.388. The Kier molecular flexibility index (Phi) is 3.95.